The second-order valence-electron chi connectivity index (χ2n) is 3.08. The monoisotopic (exact) mass is 169 g/mol. The SMILES string of the molecule is C=C(CN)CN1CCN(C)C1=O. The average Bonchev–Trinajstić information content (AvgIpc) is 2.36. The molecule has 1 aliphatic rings. The van der Waals surface area contributed by atoms with E-state index in [4.69, 9.17) is 5.73 Å². The number of nitrogens with two attached hydrogens (primary N) is 1. The molecule has 0 aromatic carbocycles. The van der Waals surface area contributed by atoms with E-state index in [1.165, 1.54) is 0 Å². The molecule has 1 fully saturated rings. The zero-order valence-corrected chi connectivity index (χ0v) is 7.42. The highest BCUT2D eigenvalue weighted by atomic mass is 16.2. The Morgan fingerprint density at radius 3 is 2.75 bits per heavy atom. The van der Waals surface area contributed by atoms with Crippen LogP contribution >= 0.6 is 0 Å². The molecule has 12 heavy (non-hydrogen) atoms. The summed E-state index contributed by atoms with van der Waals surface area (Å²) in [7, 11) is 1.80. The summed E-state index contributed by atoms with van der Waals surface area (Å²) in [5.74, 6) is 0. The fraction of sp³-hybridized carbons (Fsp3) is 0.625. The number of amides is 2. The molecule has 0 atom stereocenters. The van der Waals surface area contributed by atoms with E-state index in [0.29, 0.717) is 13.1 Å². The van der Waals surface area contributed by atoms with Crippen LogP contribution in [0, 0.1) is 0 Å². The minimum absolute atomic E-state index is 0.0737. The molecule has 0 aliphatic carbocycles. The van der Waals surface area contributed by atoms with Crippen LogP contribution in [0.15, 0.2) is 12.2 Å². The van der Waals surface area contributed by atoms with Crippen molar-refractivity contribution in [2.45, 2.75) is 0 Å². The Hall–Kier alpha value is -1.03. The van der Waals surface area contributed by atoms with Gasteiger partial charge in [0.2, 0.25) is 0 Å². The Balaban J connectivity index is 2.44. The maximum absolute atomic E-state index is 11.3. The normalized spacial score (nSPS) is 17.3. The molecule has 0 bridgehead atoms. The lowest BCUT2D eigenvalue weighted by atomic mass is 10.3. The van der Waals surface area contributed by atoms with Gasteiger partial charge in [-0.1, -0.05) is 6.58 Å². The van der Waals surface area contributed by atoms with Crippen LogP contribution < -0.4 is 5.73 Å². The Kier molecular flexibility index (Phi) is 2.70. The minimum atomic E-state index is 0.0737. The lowest BCUT2D eigenvalue weighted by Crippen LogP contribution is -2.32. The maximum atomic E-state index is 11.3. The third-order valence-electron chi connectivity index (χ3n) is 2.01. The van der Waals surface area contributed by atoms with Gasteiger partial charge in [0, 0.05) is 33.2 Å². The van der Waals surface area contributed by atoms with Gasteiger partial charge in [0.25, 0.3) is 0 Å². The molecular weight excluding hydrogens is 154 g/mol. The summed E-state index contributed by atoms with van der Waals surface area (Å²) in [6.07, 6.45) is 0. The van der Waals surface area contributed by atoms with Gasteiger partial charge in [-0.2, -0.15) is 0 Å². The fourth-order valence-corrected chi connectivity index (χ4v) is 1.18. The van der Waals surface area contributed by atoms with Crippen molar-refractivity contribution in [3.05, 3.63) is 12.2 Å². The van der Waals surface area contributed by atoms with Crippen LogP contribution in [0.2, 0.25) is 0 Å². The third-order valence-corrected chi connectivity index (χ3v) is 2.01. The van der Waals surface area contributed by atoms with Crippen molar-refractivity contribution in [1.29, 1.82) is 0 Å². The number of nitrogens with zero attached hydrogens (tertiary/aromatic N) is 2. The van der Waals surface area contributed by atoms with Gasteiger partial charge in [-0.15, -0.1) is 0 Å². The van der Waals surface area contributed by atoms with Crippen molar-refractivity contribution in [2.24, 2.45) is 5.73 Å². The highest BCUT2D eigenvalue weighted by Gasteiger charge is 2.24. The molecular formula is C8H15N3O. The summed E-state index contributed by atoms with van der Waals surface area (Å²) in [4.78, 5) is 14.8. The summed E-state index contributed by atoms with van der Waals surface area (Å²) < 4.78 is 0. The van der Waals surface area contributed by atoms with Gasteiger partial charge in [-0.05, 0) is 5.57 Å². The molecule has 4 heteroatoms. The van der Waals surface area contributed by atoms with Gasteiger partial charge < -0.3 is 15.5 Å². The first kappa shape index (κ1) is 9.06. The van der Waals surface area contributed by atoms with Crippen molar-refractivity contribution in [2.75, 3.05) is 33.2 Å². The molecule has 0 radical (unpaired) electrons. The Morgan fingerprint density at radius 1 is 1.67 bits per heavy atom. The van der Waals surface area contributed by atoms with Crippen LogP contribution in [0.5, 0.6) is 0 Å². The lowest BCUT2D eigenvalue weighted by Gasteiger charge is -2.16. The smallest absolute Gasteiger partial charge is 0.320 e. The van der Waals surface area contributed by atoms with Gasteiger partial charge in [0.1, 0.15) is 0 Å². The number of rotatable bonds is 3. The summed E-state index contributed by atoms with van der Waals surface area (Å²) in [6.45, 7) is 6.40. The summed E-state index contributed by atoms with van der Waals surface area (Å²) in [6, 6.07) is 0.0737. The van der Waals surface area contributed by atoms with Crippen LogP contribution in [-0.2, 0) is 0 Å². The van der Waals surface area contributed by atoms with Crippen molar-refractivity contribution in [1.82, 2.24) is 9.80 Å². The van der Waals surface area contributed by atoms with Crippen LogP contribution in [0.1, 0.15) is 0 Å². The average molecular weight is 169 g/mol. The number of carbonyl (C=O) groups is 1. The van der Waals surface area contributed by atoms with Crippen molar-refractivity contribution in [3.63, 3.8) is 0 Å². The van der Waals surface area contributed by atoms with E-state index < -0.39 is 0 Å². The second kappa shape index (κ2) is 3.58. The van der Waals surface area contributed by atoms with Gasteiger partial charge in [0.15, 0.2) is 0 Å². The standard InChI is InChI=1S/C8H15N3O/c1-7(5-9)6-11-4-3-10(2)8(11)12/h1,3-6,9H2,2H3. The van der Waals surface area contributed by atoms with Crippen LogP contribution in [-0.4, -0.2) is 49.1 Å². The van der Waals surface area contributed by atoms with E-state index in [1.54, 1.807) is 16.8 Å². The largest absolute Gasteiger partial charge is 0.327 e. The molecule has 0 saturated carbocycles. The molecule has 4 nitrogen and oxygen atoms in total. The Bertz CT molecular complexity index is 202. The van der Waals surface area contributed by atoms with E-state index in [-0.39, 0.29) is 6.03 Å². The maximum Gasteiger partial charge on any atom is 0.320 e. The van der Waals surface area contributed by atoms with Crippen molar-refractivity contribution < 1.29 is 4.79 Å². The van der Waals surface area contributed by atoms with Crippen molar-refractivity contribution >= 4 is 6.03 Å². The molecule has 0 unspecified atom stereocenters. The van der Waals surface area contributed by atoms with E-state index in [9.17, 15) is 4.79 Å². The summed E-state index contributed by atoms with van der Waals surface area (Å²) >= 11 is 0. The Labute approximate surface area is 72.6 Å². The number of hydrogen-bond acceptors (Lipinski definition) is 2. The first-order valence-corrected chi connectivity index (χ1v) is 4.02. The van der Waals surface area contributed by atoms with E-state index in [2.05, 4.69) is 6.58 Å². The summed E-state index contributed by atoms with van der Waals surface area (Å²) in [5, 5.41) is 0. The number of likely N-dealkylation sites (N-methyl/N-ethyl adjacent to an activating group) is 1. The van der Waals surface area contributed by atoms with Gasteiger partial charge in [-0.25, -0.2) is 4.79 Å². The molecule has 1 heterocycles. The third kappa shape index (κ3) is 1.76. The molecule has 68 valence electrons. The van der Waals surface area contributed by atoms with E-state index >= 15 is 0 Å². The zero-order chi connectivity index (χ0) is 9.14. The highest BCUT2D eigenvalue weighted by molar-refractivity contribution is 5.76. The predicted molar refractivity (Wildman–Crippen MR) is 47.8 cm³/mol. The van der Waals surface area contributed by atoms with Crippen LogP contribution in [0.4, 0.5) is 4.79 Å². The molecule has 1 saturated heterocycles. The molecule has 1 aliphatic heterocycles. The van der Waals surface area contributed by atoms with Gasteiger partial charge in [0.05, 0.1) is 0 Å². The number of carbonyl (C=O) groups excluding carboxylic acids is 1. The molecule has 0 spiro atoms. The summed E-state index contributed by atoms with van der Waals surface area (Å²) in [5.41, 5.74) is 6.28. The van der Waals surface area contributed by atoms with Gasteiger partial charge in [-0.3, -0.25) is 0 Å². The first-order chi connectivity index (χ1) is 5.65. The molecule has 0 aromatic rings. The topological polar surface area (TPSA) is 49.6 Å². The lowest BCUT2D eigenvalue weighted by molar-refractivity contribution is 0.201. The molecule has 1 rings (SSSR count). The van der Waals surface area contributed by atoms with Crippen molar-refractivity contribution in [3.8, 4) is 0 Å². The Morgan fingerprint density at radius 2 is 2.33 bits per heavy atom. The number of hydrogen-bond donors (Lipinski definition) is 1. The van der Waals surface area contributed by atoms with E-state index in [1.807, 2.05) is 0 Å². The second-order valence-corrected chi connectivity index (χ2v) is 3.08. The van der Waals surface area contributed by atoms with Crippen LogP contribution in [0.25, 0.3) is 0 Å². The first-order valence-electron chi connectivity index (χ1n) is 4.02. The fourth-order valence-electron chi connectivity index (χ4n) is 1.18. The highest BCUT2D eigenvalue weighted by Crippen LogP contribution is 2.07. The quantitative estimate of drug-likeness (QED) is 0.598. The molecule has 2 N–H and O–H groups in total. The number of urea groups is 1. The predicted octanol–water partition coefficient (Wildman–Crippen LogP) is -0.131. The zero-order valence-electron chi connectivity index (χ0n) is 7.42. The minimum Gasteiger partial charge on any atom is -0.327 e. The van der Waals surface area contributed by atoms with Crippen LogP contribution in [0.3, 0.4) is 0 Å². The molecule has 0 aromatic heterocycles. The molecule has 2 amide bonds. The van der Waals surface area contributed by atoms with Gasteiger partial charge >= 0.3 is 6.03 Å². The van der Waals surface area contributed by atoms with E-state index in [0.717, 1.165) is 18.7 Å².